The van der Waals surface area contributed by atoms with E-state index in [1.165, 1.54) is 23.1 Å². The maximum atomic E-state index is 6.12. The molecule has 1 aromatic rings. The second-order valence-corrected chi connectivity index (χ2v) is 5.51. The minimum atomic E-state index is 0.425. The van der Waals surface area contributed by atoms with Crippen LogP contribution in [0.3, 0.4) is 0 Å². The lowest BCUT2D eigenvalue weighted by atomic mass is 9.99. The van der Waals surface area contributed by atoms with Crippen LogP contribution in [-0.2, 0) is 0 Å². The SMILES string of the molecule is CCNC(COc1c(C)ccc(C)c1C)C(C)CC. The van der Waals surface area contributed by atoms with Crippen molar-refractivity contribution in [3.05, 3.63) is 28.8 Å². The second-order valence-electron chi connectivity index (χ2n) is 5.51. The number of nitrogens with one attached hydrogen (secondary N) is 1. The summed E-state index contributed by atoms with van der Waals surface area (Å²) in [6.07, 6.45) is 1.17. The number of benzene rings is 1. The van der Waals surface area contributed by atoms with E-state index in [0.717, 1.165) is 18.9 Å². The van der Waals surface area contributed by atoms with Crippen LogP contribution in [-0.4, -0.2) is 19.2 Å². The summed E-state index contributed by atoms with van der Waals surface area (Å²) in [5, 5.41) is 3.53. The highest BCUT2D eigenvalue weighted by atomic mass is 16.5. The first-order chi connectivity index (χ1) is 9.01. The molecule has 0 aliphatic rings. The van der Waals surface area contributed by atoms with Crippen LogP contribution >= 0.6 is 0 Å². The first-order valence-corrected chi connectivity index (χ1v) is 7.44. The molecule has 2 unspecified atom stereocenters. The van der Waals surface area contributed by atoms with E-state index < -0.39 is 0 Å². The predicted octanol–water partition coefficient (Wildman–Crippen LogP) is 4.01. The number of ether oxygens (including phenoxy) is 1. The van der Waals surface area contributed by atoms with Crippen molar-refractivity contribution in [2.24, 2.45) is 5.92 Å². The third kappa shape index (κ3) is 4.24. The monoisotopic (exact) mass is 263 g/mol. The van der Waals surface area contributed by atoms with Crippen molar-refractivity contribution >= 4 is 0 Å². The quantitative estimate of drug-likeness (QED) is 0.802. The molecule has 108 valence electrons. The molecular formula is C17H29NO. The summed E-state index contributed by atoms with van der Waals surface area (Å²) >= 11 is 0. The van der Waals surface area contributed by atoms with Gasteiger partial charge in [0, 0.05) is 6.04 Å². The van der Waals surface area contributed by atoms with Crippen LogP contribution in [0.1, 0.15) is 43.9 Å². The van der Waals surface area contributed by atoms with Gasteiger partial charge >= 0.3 is 0 Å². The van der Waals surface area contributed by atoms with Crippen LogP contribution in [0.2, 0.25) is 0 Å². The Morgan fingerprint density at radius 1 is 1.11 bits per heavy atom. The van der Waals surface area contributed by atoms with E-state index in [0.29, 0.717) is 12.0 Å². The van der Waals surface area contributed by atoms with Gasteiger partial charge in [0.2, 0.25) is 0 Å². The molecule has 0 radical (unpaired) electrons. The molecule has 0 aromatic heterocycles. The molecule has 1 rings (SSSR count). The Balaban J connectivity index is 2.76. The van der Waals surface area contributed by atoms with Gasteiger partial charge in [0.15, 0.2) is 0 Å². The molecule has 0 amide bonds. The summed E-state index contributed by atoms with van der Waals surface area (Å²) in [4.78, 5) is 0. The number of hydrogen-bond donors (Lipinski definition) is 1. The zero-order chi connectivity index (χ0) is 14.4. The number of likely N-dealkylation sites (N-methyl/N-ethyl adjacent to an activating group) is 1. The molecule has 2 nitrogen and oxygen atoms in total. The number of hydrogen-bond acceptors (Lipinski definition) is 2. The van der Waals surface area contributed by atoms with Crippen LogP contribution in [0.4, 0.5) is 0 Å². The molecule has 0 spiro atoms. The van der Waals surface area contributed by atoms with E-state index in [2.05, 4.69) is 59.0 Å². The summed E-state index contributed by atoms with van der Waals surface area (Å²) < 4.78 is 6.12. The van der Waals surface area contributed by atoms with Crippen LogP contribution in [0, 0.1) is 26.7 Å². The van der Waals surface area contributed by atoms with E-state index in [-0.39, 0.29) is 0 Å². The van der Waals surface area contributed by atoms with Gasteiger partial charge in [0.05, 0.1) is 0 Å². The fraction of sp³-hybridized carbons (Fsp3) is 0.647. The number of aryl methyl sites for hydroxylation is 2. The maximum Gasteiger partial charge on any atom is 0.125 e. The molecular weight excluding hydrogens is 234 g/mol. The van der Waals surface area contributed by atoms with Crippen molar-refractivity contribution in [3.8, 4) is 5.75 Å². The first-order valence-electron chi connectivity index (χ1n) is 7.44. The molecule has 1 N–H and O–H groups in total. The molecule has 2 heteroatoms. The number of rotatable bonds is 7. The van der Waals surface area contributed by atoms with Gasteiger partial charge in [-0.3, -0.25) is 0 Å². The average Bonchev–Trinajstić information content (AvgIpc) is 2.41. The van der Waals surface area contributed by atoms with Crippen molar-refractivity contribution in [2.75, 3.05) is 13.2 Å². The normalized spacial score (nSPS) is 14.2. The van der Waals surface area contributed by atoms with E-state index in [9.17, 15) is 0 Å². The van der Waals surface area contributed by atoms with Crippen LogP contribution in [0.5, 0.6) is 5.75 Å². The Bertz CT molecular complexity index is 400. The lowest BCUT2D eigenvalue weighted by molar-refractivity contribution is 0.220. The molecule has 0 aliphatic heterocycles. The van der Waals surface area contributed by atoms with Crippen molar-refractivity contribution in [1.29, 1.82) is 0 Å². The van der Waals surface area contributed by atoms with Crippen LogP contribution < -0.4 is 10.1 Å². The summed E-state index contributed by atoms with van der Waals surface area (Å²) in [5.74, 6) is 1.69. The van der Waals surface area contributed by atoms with Gasteiger partial charge in [-0.15, -0.1) is 0 Å². The zero-order valence-electron chi connectivity index (χ0n) is 13.3. The Hall–Kier alpha value is -1.02. The van der Waals surface area contributed by atoms with Gasteiger partial charge in [0.25, 0.3) is 0 Å². The standard InChI is InChI=1S/C17H29NO/c1-7-12(3)16(18-8-2)11-19-17-14(5)10-9-13(4)15(17)6/h9-10,12,16,18H,7-8,11H2,1-6H3. The fourth-order valence-corrected chi connectivity index (χ4v) is 2.29. The summed E-state index contributed by atoms with van der Waals surface area (Å²) in [7, 11) is 0. The summed E-state index contributed by atoms with van der Waals surface area (Å²) in [5.41, 5.74) is 3.78. The van der Waals surface area contributed by atoms with Crippen molar-refractivity contribution in [1.82, 2.24) is 5.32 Å². The van der Waals surface area contributed by atoms with Crippen molar-refractivity contribution in [3.63, 3.8) is 0 Å². The highest BCUT2D eigenvalue weighted by Gasteiger charge is 2.16. The Labute approximate surface area is 118 Å². The molecule has 0 saturated carbocycles. The van der Waals surface area contributed by atoms with Crippen molar-refractivity contribution in [2.45, 2.75) is 54.0 Å². The molecule has 0 aliphatic carbocycles. The minimum Gasteiger partial charge on any atom is -0.491 e. The topological polar surface area (TPSA) is 21.3 Å². The van der Waals surface area contributed by atoms with Gasteiger partial charge in [0.1, 0.15) is 12.4 Å². The Morgan fingerprint density at radius 3 is 2.32 bits per heavy atom. The van der Waals surface area contributed by atoms with E-state index in [1.807, 2.05) is 0 Å². The van der Waals surface area contributed by atoms with Gasteiger partial charge < -0.3 is 10.1 Å². The summed E-state index contributed by atoms with van der Waals surface area (Å²) in [6.45, 7) is 14.8. The lowest BCUT2D eigenvalue weighted by Crippen LogP contribution is -2.39. The van der Waals surface area contributed by atoms with Crippen LogP contribution in [0.25, 0.3) is 0 Å². The van der Waals surface area contributed by atoms with E-state index in [1.54, 1.807) is 0 Å². The van der Waals surface area contributed by atoms with Crippen LogP contribution in [0.15, 0.2) is 12.1 Å². The van der Waals surface area contributed by atoms with Gasteiger partial charge in [-0.25, -0.2) is 0 Å². The highest BCUT2D eigenvalue weighted by Crippen LogP contribution is 2.26. The minimum absolute atomic E-state index is 0.425. The zero-order valence-corrected chi connectivity index (χ0v) is 13.3. The predicted molar refractivity (Wildman–Crippen MR) is 83.1 cm³/mol. The lowest BCUT2D eigenvalue weighted by Gasteiger charge is -2.25. The molecule has 0 heterocycles. The highest BCUT2D eigenvalue weighted by molar-refractivity contribution is 5.44. The van der Waals surface area contributed by atoms with Crippen molar-refractivity contribution < 1.29 is 4.74 Å². The molecule has 19 heavy (non-hydrogen) atoms. The Morgan fingerprint density at radius 2 is 1.74 bits per heavy atom. The molecule has 0 saturated heterocycles. The third-order valence-electron chi connectivity index (χ3n) is 4.08. The van der Waals surface area contributed by atoms with Gasteiger partial charge in [-0.2, -0.15) is 0 Å². The molecule has 0 bridgehead atoms. The van der Waals surface area contributed by atoms with Gasteiger partial charge in [-0.1, -0.05) is 39.3 Å². The third-order valence-corrected chi connectivity index (χ3v) is 4.08. The Kier molecular flexibility index (Phi) is 6.36. The first kappa shape index (κ1) is 16.0. The van der Waals surface area contributed by atoms with E-state index >= 15 is 0 Å². The summed E-state index contributed by atoms with van der Waals surface area (Å²) in [6, 6.07) is 4.73. The smallest absolute Gasteiger partial charge is 0.125 e. The molecule has 0 fully saturated rings. The average molecular weight is 263 g/mol. The van der Waals surface area contributed by atoms with Gasteiger partial charge in [-0.05, 0) is 49.9 Å². The largest absolute Gasteiger partial charge is 0.491 e. The molecule has 2 atom stereocenters. The molecule has 1 aromatic carbocycles. The second kappa shape index (κ2) is 7.54. The maximum absolute atomic E-state index is 6.12. The fourth-order valence-electron chi connectivity index (χ4n) is 2.29. The van der Waals surface area contributed by atoms with E-state index in [4.69, 9.17) is 4.74 Å².